The minimum Gasteiger partial charge on any atom is -0.394 e. The highest BCUT2D eigenvalue weighted by Crippen LogP contribution is 2.32. The van der Waals surface area contributed by atoms with Gasteiger partial charge in [0.25, 0.3) is 0 Å². The molecule has 16 heteroatoms. The average Bonchev–Trinajstić information content (AvgIpc) is 2.82. The Hall–Kier alpha value is -0.640. The molecule has 0 aromatic carbocycles. The van der Waals surface area contributed by atoms with Crippen LogP contribution < -0.4 is 0 Å². The van der Waals surface area contributed by atoms with Crippen molar-refractivity contribution in [3.63, 3.8) is 0 Å². The van der Waals surface area contributed by atoms with Gasteiger partial charge in [-0.1, -0.05) is 0 Å². The van der Waals surface area contributed by atoms with E-state index in [1.807, 2.05) is 0 Å². The van der Waals surface area contributed by atoms with Gasteiger partial charge in [0.15, 0.2) is 12.6 Å². The molecule has 0 spiro atoms. The lowest BCUT2D eigenvalue weighted by Crippen LogP contribution is -2.69. The second-order valence-electron chi connectivity index (χ2n) is 8.56. The summed E-state index contributed by atoms with van der Waals surface area (Å²) in [7, 11) is 0. The van der Waals surface area contributed by atoms with Crippen molar-refractivity contribution in [1.82, 2.24) is 0 Å². The van der Waals surface area contributed by atoms with Crippen molar-refractivity contribution < 1.29 is 80.2 Å². The molecule has 16 nitrogen and oxygen atoms in total. The maximum Gasteiger partial charge on any atom is 0.187 e. The second kappa shape index (κ2) is 11.2. The molecule has 3 fully saturated rings. The third-order valence-electron chi connectivity index (χ3n) is 6.33. The molecular formula is C18H32O16. The van der Waals surface area contributed by atoms with Crippen molar-refractivity contribution in [2.45, 2.75) is 98.0 Å². The maximum absolute atomic E-state index is 10.7. The number of hydrogen-bond acceptors (Lipinski definition) is 16. The Kier molecular flexibility index (Phi) is 9.18. The second-order valence-corrected chi connectivity index (χ2v) is 8.56. The first-order chi connectivity index (χ1) is 15.9. The molecule has 34 heavy (non-hydrogen) atoms. The monoisotopic (exact) mass is 504 g/mol. The first-order valence-corrected chi connectivity index (χ1v) is 10.6. The molecule has 1 aliphatic carbocycles. The summed E-state index contributed by atoms with van der Waals surface area (Å²) < 4.78 is 21.0. The van der Waals surface area contributed by atoms with E-state index in [4.69, 9.17) is 18.9 Å². The number of hydrogen-bond donors (Lipinski definition) is 12. The molecule has 2 aliphatic heterocycles. The van der Waals surface area contributed by atoms with Crippen molar-refractivity contribution in [3.05, 3.63) is 0 Å². The molecule has 200 valence electrons. The van der Waals surface area contributed by atoms with Gasteiger partial charge in [-0.15, -0.1) is 0 Å². The number of aliphatic hydroxyl groups excluding tert-OH is 12. The topological polar surface area (TPSA) is 280 Å². The Morgan fingerprint density at radius 3 is 1.06 bits per heavy atom. The summed E-state index contributed by atoms with van der Waals surface area (Å²) in [6.45, 7) is -1.57. The van der Waals surface area contributed by atoms with Gasteiger partial charge in [0.1, 0.15) is 85.5 Å². The minimum atomic E-state index is -2.02. The lowest BCUT2D eigenvalue weighted by atomic mass is 9.84. The van der Waals surface area contributed by atoms with E-state index in [1.165, 1.54) is 0 Å². The van der Waals surface area contributed by atoms with E-state index < -0.39 is 111 Å². The van der Waals surface area contributed by atoms with Crippen LogP contribution in [0, 0.1) is 0 Å². The fourth-order valence-corrected chi connectivity index (χ4v) is 4.17. The van der Waals surface area contributed by atoms with Crippen LogP contribution in [0.5, 0.6) is 0 Å². The molecule has 2 heterocycles. The predicted molar refractivity (Wildman–Crippen MR) is 101 cm³/mol. The van der Waals surface area contributed by atoms with Crippen molar-refractivity contribution in [2.75, 3.05) is 13.2 Å². The van der Waals surface area contributed by atoms with Crippen LogP contribution in [0.25, 0.3) is 0 Å². The summed E-state index contributed by atoms with van der Waals surface area (Å²) >= 11 is 0. The van der Waals surface area contributed by atoms with Crippen LogP contribution >= 0.6 is 0 Å². The van der Waals surface area contributed by atoms with Crippen LogP contribution in [0.4, 0.5) is 0 Å². The van der Waals surface area contributed by atoms with Crippen LogP contribution in [0.2, 0.25) is 0 Å². The molecule has 0 amide bonds. The van der Waals surface area contributed by atoms with Gasteiger partial charge in [0.05, 0.1) is 13.2 Å². The Labute approximate surface area is 192 Å². The Morgan fingerprint density at radius 2 is 0.735 bits per heavy atom. The fraction of sp³-hybridized carbons (Fsp3) is 1.00. The van der Waals surface area contributed by atoms with E-state index in [1.54, 1.807) is 0 Å². The highest BCUT2D eigenvalue weighted by molar-refractivity contribution is 5.02. The van der Waals surface area contributed by atoms with E-state index in [0.29, 0.717) is 0 Å². The lowest BCUT2D eigenvalue weighted by Gasteiger charge is -2.48. The van der Waals surface area contributed by atoms with E-state index >= 15 is 0 Å². The van der Waals surface area contributed by atoms with Crippen molar-refractivity contribution in [1.29, 1.82) is 0 Å². The molecule has 2 saturated heterocycles. The molecule has 3 rings (SSSR count). The van der Waals surface area contributed by atoms with Gasteiger partial charge in [-0.25, -0.2) is 0 Å². The SMILES string of the molecule is OC[C@H]1O[C@H](O[C@H]2C(O)[C@@H](O[C@H]3O[C@H](CO)[C@H](O)[C@H](O)[C@H]3O)[C@H](O)C(O)[C@@H]2O)[C@H](O)[C@@H](O)[C@H]1O. The van der Waals surface area contributed by atoms with E-state index in [9.17, 15) is 61.3 Å². The third-order valence-corrected chi connectivity index (χ3v) is 6.33. The first-order valence-electron chi connectivity index (χ1n) is 10.6. The smallest absolute Gasteiger partial charge is 0.187 e. The van der Waals surface area contributed by atoms with Gasteiger partial charge >= 0.3 is 0 Å². The third kappa shape index (κ3) is 5.09. The molecule has 0 radical (unpaired) electrons. The molecular weight excluding hydrogens is 472 g/mol. The van der Waals surface area contributed by atoms with Crippen molar-refractivity contribution in [3.8, 4) is 0 Å². The normalized spacial score (nSPS) is 54.7. The van der Waals surface area contributed by atoms with Gasteiger partial charge in [-0.3, -0.25) is 0 Å². The molecule has 12 N–H and O–H groups in total. The summed E-state index contributed by atoms with van der Waals surface area (Å²) in [5.74, 6) is 0. The standard InChI is InChI=1S/C18H32O16/c19-1-3-5(21)7(23)12(28)17(31-3)33-15-10(26)9(25)11(27)16(14(15)30)34-18-13(29)8(24)6(22)4(2-20)32-18/h3-30H,1-2H2/t3-,4-,5+,6+,7+,8+,9?,10-,11+,12-,13-,14?,15+,16-,17-,18-/m1/s1. The van der Waals surface area contributed by atoms with Crippen molar-refractivity contribution >= 4 is 0 Å². The van der Waals surface area contributed by atoms with Crippen LogP contribution in [-0.4, -0.2) is 173 Å². The average molecular weight is 504 g/mol. The summed E-state index contributed by atoms with van der Waals surface area (Å²) in [6.07, 6.45) is -29.0. The fourth-order valence-electron chi connectivity index (χ4n) is 4.17. The lowest BCUT2D eigenvalue weighted by molar-refractivity contribution is -0.361. The molecule has 0 aromatic heterocycles. The quantitative estimate of drug-likeness (QED) is 0.160. The zero-order valence-electron chi connectivity index (χ0n) is 17.7. The number of ether oxygens (including phenoxy) is 4. The molecule has 1 saturated carbocycles. The van der Waals surface area contributed by atoms with Crippen LogP contribution in [0.3, 0.4) is 0 Å². The molecule has 0 bridgehead atoms. The van der Waals surface area contributed by atoms with Gasteiger partial charge in [-0.05, 0) is 0 Å². The van der Waals surface area contributed by atoms with E-state index in [0.717, 1.165) is 0 Å². The van der Waals surface area contributed by atoms with E-state index in [2.05, 4.69) is 0 Å². The van der Waals surface area contributed by atoms with Gasteiger partial charge in [-0.2, -0.15) is 0 Å². The van der Waals surface area contributed by atoms with Crippen LogP contribution in [0.1, 0.15) is 0 Å². The molecule has 3 aliphatic rings. The Bertz CT molecular complexity index is 599. The van der Waals surface area contributed by atoms with Crippen LogP contribution in [0.15, 0.2) is 0 Å². The summed E-state index contributed by atoms with van der Waals surface area (Å²) in [6, 6.07) is 0. The Morgan fingerprint density at radius 1 is 0.412 bits per heavy atom. The highest BCUT2D eigenvalue weighted by atomic mass is 16.7. The largest absolute Gasteiger partial charge is 0.394 e. The predicted octanol–water partition coefficient (Wildman–Crippen LogP) is -8.19. The molecule has 2 unspecified atom stereocenters. The summed E-state index contributed by atoms with van der Waals surface area (Å²) in [4.78, 5) is 0. The van der Waals surface area contributed by atoms with Crippen molar-refractivity contribution in [2.24, 2.45) is 0 Å². The molecule has 16 atom stereocenters. The number of rotatable bonds is 6. The van der Waals surface area contributed by atoms with Gasteiger partial charge in [0.2, 0.25) is 0 Å². The summed E-state index contributed by atoms with van der Waals surface area (Å²) in [5, 5.41) is 120. The van der Waals surface area contributed by atoms with Crippen LogP contribution in [-0.2, 0) is 18.9 Å². The van der Waals surface area contributed by atoms with Gasteiger partial charge in [0, 0.05) is 0 Å². The highest BCUT2D eigenvalue weighted by Gasteiger charge is 2.55. The van der Waals surface area contributed by atoms with Gasteiger partial charge < -0.3 is 80.2 Å². The number of aliphatic hydroxyl groups is 12. The summed E-state index contributed by atoms with van der Waals surface area (Å²) in [5.41, 5.74) is 0. The zero-order chi connectivity index (χ0) is 25.5. The Balaban J connectivity index is 1.77. The minimum absolute atomic E-state index is 0.787. The maximum atomic E-state index is 10.7. The first kappa shape index (κ1) is 27.9. The molecule has 0 aromatic rings. The van der Waals surface area contributed by atoms with E-state index in [-0.39, 0.29) is 0 Å². The zero-order valence-corrected chi connectivity index (χ0v) is 17.7.